The van der Waals surface area contributed by atoms with Gasteiger partial charge in [-0.15, -0.1) is 0 Å². The summed E-state index contributed by atoms with van der Waals surface area (Å²) in [5.41, 5.74) is 0. The van der Waals surface area contributed by atoms with Gasteiger partial charge in [0.2, 0.25) is 0 Å². The van der Waals surface area contributed by atoms with Crippen LogP contribution in [-0.2, 0) is 14.3 Å². The predicted octanol–water partition coefficient (Wildman–Crippen LogP) is 1.59. The number of amides is 1. The van der Waals surface area contributed by atoms with Crippen LogP contribution in [0, 0.1) is 0 Å². The van der Waals surface area contributed by atoms with E-state index in [1.807, 2.05) is 6.26 Å². The maximum absolute atomic E-state index is 11.5. The standard InChI is InChI=1S/C9H16ClNO4S/c1-3-14-8(12)7(4-5-16-2)11-9(13)15-6-10/h7H,3-6H2,1-2H3,(H,11,13). The van der Waals surface area contributed by atoms with Crippen molar-refractivity contribution in [2.24, 2.45) is 0 Å². The minimum Gasteiger partial charge on any atom is -0.464 e. The number of hydrogen-bond donors (Lipinski definition) is 1. The molecule has 0 bridgehead atoms. The van der Waals surface area contributed by atoms with E-state index in [4.69, 9.17) is 16.3 Å². The first-order valence-corrected chi connectivity index (χ1v) is 6.73. The average molecular weight is 270 g/mol. The third-order valence-corrected chi connectivity index (χ3v) is 2.41. The lowest BCUT2D eigenvalue weighted by Crippen LogP contribution is -2.42. The van der Waals surface area contributed by atoms with Gasteiger partial charge in [-0.2, -0.15) is 11.8 Å². The zero-order chi connectivity index (χ0) is 12.4. The number of esters is 1. The van der Waals surface area contributed by atoms with Crippen LogP contribution in [0.25, 0.3) is 0 Å². The lowest BCUT2D eigenvalue weighted by atomic mass is 10.2. The van der Waals surface area contributed by atoms with Crippen LogP contribution in [0.5, 0.6) is 0 Å². The van der Waals surface area contributed by atoms with Crippen LogP contribution < -0.4 is 5.32 Å². The van der Waals surface area contributed by atoms with Crippen molar-refractivity contribution in [3.8, 4) is 0 Å². The Labute approximate surface area is 104 Å². The molecule has 1 atom stereocenters. The number of thioether (sulfide) groups is 1. The molecule has 0 rings (SSSR count). The van der Waals surface area contributed by atoms with E-state index in [1.54, 1.807) is 18.7 Å². The number of rotatable bonds is 7. The second-order valence-corrected chi connectivity index (χ2v) is 3.98. The molecule has 1 N–H and O–H groups in total. The molecule has 1 unspecified atom stereocenters. The highest BCUT2D eigenvalue weighted by molar-refractivity contribution is 7.98. The number of halogens is 1. The Morgan fingerprint density at radius 2 is 2.12 bits per heavy atom. The first kappa shape index (κ1) is 15.4. The van der Waals surface area contributed by atoms with Gasteiger partial charge in [-0.05, 0) is 25.4 Å². The Kier molecular flexibility index (Phi) is 9.22. The Balaban J connectivity index is 4.18. The summed E-state index contributed by atoms with van der Waals surface area (Å²) in [4.78, 5) is 22.5. The van der Waals surface area contributed by atoms with Crippen molar-refractivity contribution in [3.63, 3.8) is 0 Å². The molecule has 0 spiro atoms. The molecule has 0 radical (unpaired) electrons. The van der Waals surface area contributed by atoms with E-state index in [9.17, 15) is 9.59 Å². The molecule has 5 nitrogen and oxygen atoms in total. The molecular weight excluding hydrogens is 254 g/mol. The Hall–Kier alpha value is -0.620. The number of hydrogen-bond acceptors (Lipinski definition) is 5. The number of ether oxygens (including phenoxy) is 2. The largest absolute Gasteiger partial charge is 0.464 e. The summed E-state index contributed by atoms with van der Waals surface area (Å²) in [7, 11) is 0. The highest BCUT2D eigenvalue weighted by atomic mass is 35.5. The van der Waals surface area contributed by atoms with Crippen molar-refractivity contribution < 1.29 is 19.1 Å². The van der Waals surface area contributed by atoms with E-state index in [0.29, 0.717) is 6.42 Å². The minimum atomic E-state index is -0.714. The van der Waals surface area contributed by atoms with E-state index in [-0.39, 0.29) is 12.7 Å². The normalized spacial score (nSPS) is 11.7. The van der Waals surface area contributed by atoms with Gasteiger partial charge in [-0.3, -0.25) is 0 Å². The number of carbonyl (C=O) groups is 2. The summed E-state index contributed by atoms with van der Waals surface area (Å²) in [5.74, 6) is 0.285. The van der Waals surface area contributed by atoms with E-state index >= 15 is 0 Å². The molecule has 0 aliphatic rings. The number of carbonyl (C=O) groups excluding carboxylic acids is 2. The molecule has 16 heavy (non-hydrogen) atoms. The van der Waals surface area contributed by atoms with E-state index < -0.39 is 18.1 Å². The van der Waals surface area contributed by atoms with Crippen LogP contribution in [0.1, 0.15) is 13.3 Å². The highest BCUT2D eigenvalue weighted by Crippen LogP contribution is 2.03. The van der Waals surface area contributed by atoms with E-state index in [1.165, 1.54) is 0 Å². The molecule has 0 aromatic heterocycles. The zero-order valence-electron chi connectivity index (χ0n) is 9.32. The van der Waals surface area contributed by atoms with E-state index in [0.717, 1.165) is 5.75 Å². The quantitative estimate of drug-likeness (QED) is 0.562. The summed E-state index contributed by atoms with van der Waals surface area (Å²) in [6.45, 7) is 1.99. The van der Waals surface area contributed by atoms with Gasteiger partial charge in [0.15, 0.2) is 6.07 Å². The second kappa shape index (κ2) is 9.59. The molecule has 0 saturated heterocycles. The van der Waals surface area contributed by atoms with Gasteiger partial charge < -0.3 is 14.8 Å². The van der Waals surface area contributed by atoms with Gasteiger partial charge >= 0.3 is 12.1 Å². The third kappa shape index (κ3) is 6.79. The molecule has 0 saturated carbocycles. The van der Waals surface area contributed by atoms with Crippen molar-refractivity contribution in [3.05, 3.63) is 0 Å². The van der Waals surface area contributed by atoms with Crippen molar-refractivity contribution >= 4 is 35.4 Å². The SMILES string of the molecule is CCOC(=O)C(CCSC)NC(=O)OCCl. The van der Waals surface area contributed by atoms with Crippen LogP contribution in [0.15, 0.2) is 0 Å². The van der Waals surface area contributed by atoms with Crippen molar-refractivity contribution in [2.75, 3.05) is 24.7 Å². The number of alkyl halides is 1. The lowest BCUT2D eigenvalue weighted by molar-refractivity contribution is -0.145. The summed E-state index contributed by atoms with van der Waals surface area (Å²) < 4.78 is 9.31. The maximum Gasteiger partial charge on any atom is 0.409 e. The maximum atomic E-state index is 11.5. The first-order chi connectivity index (χ1) is 7.65. The fraction of sp³-hybridized carbons (Fsp3) is 0.778. The Bertz CT molecular complexity index is 228. The third-order valence-electron chi connectivity index (χ3n) is 1.66. The van der Waals surface area contributed by atoms with Gasteiger partial charge in [0.05, 0.1) is 6.61 Å². The number of nitrogens with one attached hydrogen (secondary N) is 1. The fourth-order valence-electron chi connectivity index (χ4n) is 0.961. The zero-order valence-corrected chi connectivity index (χ0v) is 10.9. The summed E-state index contributed by atoms with van der Waals surface area (Å²) in [5, 5.41) is 2.40. The van der Waals surface area contributed by atoms with Crippen LogP contribution in [0.4, 0.5) is 4.79 Å². The molecule has 7 heteroatoms. The summed E-state index contributed by atoms with van der Waals surface area (Å²) in [6, 6.07) is -0.924. The molecule has 1 amide bonds. The van der Waals surface area contributed by atoms with Gasteiger partial charge in [0.25, 0.3) is 0 Å². The van der Waals surface area contributed by atoms with E-state index in [2.05, 4.69) is 10.1 Å². The summed E-state index contributed by atoms with van der Waals surface area (Å²) >= 11 is 6.80. The summed E-state index contributed by atoms with van der Waals surface area (Å²) in [6.07, 6.45) is 1.70. The molecule has 0 aromatic carbocycles. The molecule has 94 valence electrons. The van der Waals surface area contributed by atoms with Gasteiger partial charge in [0.1, 0.15) is 6.04 Å². The topological polar surface area (TPSA) is 64.6 Å². The number of alkyl carbamates (subject to hydrolysis) is 1. The van der Waals surface area contributed by atoms with Crippen molar-refractivity contribution in [1.29, 1.82) is 0 Å². The monoisotopic (exact) mass is 269 g/mol. The first-order valence-electron chi connectivity index (χ1n) is 4.80. The highest BCUT2D eigenvalue weighted by Gasteiger charge is 2.21. The molecule has 0 aromatic rings. The van der Waals surface area contributed by atoms with Crippen LogP contribution in [0.3, 0.4) is 0 Å². The Morgan fingerprint density at radius 1 is 1.44 bits per heavy atom. The Morgan fingerprint density at radius 3 is 2.62 bits per heavy atom. The van der Waals surface area contributed by atoms with Crippen LogP contribution in [-0.4, -0.2) is 42.8 Å². The predicted molar refractivity (Wildman–Crippen MR) is 63.8 cm³/mol. The molecular formula is C9H16ClNO4S. The van der Waals surface area contributed by atoms with Gasteiger partial charge in [0, 0.05) is 0 Å². The molecule has 0 aliphatic heterocycles. The molecule has 0 heterocycles. The second-order valence-electron chi connectivity index (χ2n) is 2.77. The van der Waals surface area contributed by atoms with Crippen LogP contribution in [0.2, 0.25) is 0 Å². The smallest absolute Gasteiger partial charge is 0.409 e. The molecule has 0 aliphatic carbocycles. The van der Waals surface area contributed by atoms with Crippen molar-refractivity contribution in [1.82, 2.24) is 5.32 Å². The van der Waals surface area contributed by atoms with Crippen LogP contribution >= 0.6 is 23.4 Å². The fourth-order valence-corrected chi connectivity index (χ4v) is 1.53. The minimum absolute atomic E-state index is 0.246. The lowest BCUT2D eigenvalue weighted by Gasteiger charge is -2.16. The van der Waals surface area contributed by atoms with Gasteiger partial charge in [-0.25, -0.2) is 9.59 Å². The van der Waals surface area contributed by atoms with Gasteiger partial charge in [-0.1, -0.05) is 11.6 Å². The molecule has 0 fully saturated rings. The van der Waals surface area contributed by atoms with Crippen molar-refractivity contribution in [2.45, 2.75) is 19.4 Å². The average Bonchev–Trinajstić information content (AvgIpc) is 2.24.